The van der Waals surface area contributed by atoms with Crippen LogP contribution in [0.4, 0.5) is 0 Å². The van der Waals surface area contributed by atoms with E-state index in [0.717, 1.165) is 5.56 Å². The monoisotopic (exact) mass is 478 g/mol. The Balaban J connectivity index is 2.28. The Bertz CT molecular complexity index is 812. The molecule has 6 nitrogen and oxygen atoms in total. The molecule has 0 heterocycles. The van der Waals surface area contributed by atoms with Crippen LogP contribution in [0.5, 0.6) is 11.5 Å². The SMILES string of the molecule is COc1ccc(C(NC(=O)C(Cl)Cl)NC(=O)C(Cl)Cl)cc1OCc1ccccc1. The number of alkyl halides is 4. The molecule has 0 unspecified atom stereocenters. The molecule has 156 valence electrons. The number of hydrogen-bond acceptors (Lipinski definition) is 4. The van der Waals surface area contributed by atoms with Gasteiger partial charge in [0, 0.05) is 0 Å². The van der Waals surface area contributed by atoms with E-state index < -0.39 is 27.7 Å². The van der Waals surface area contributed by atoms with Crippen molar-refractivity contribution in [3.05, 3.63) is 59.7 Å². The van der Waals surface area contributed by atoms with Gasteiger partial charge in [-0.1, -0.05) is 82.8 Å². The van der Waals surface area contributed by atoms with Crippen LogP contribution in [0, 0.1) is 0 Å². The lowest BCUT2D eigenvalue weighted by molar-refractivity contribution is -0.122. The Morgan fingerprint density at radius 1 is 0.897 bits per heavy atom. The summed E-state index contributed by atoms with van der Waals surface area (Å²) in [7, 11) is 1.50. The Hall–Kier alpha value is -1.86. The number of benzene rings is 2. The minimum atomic E-state index is -1.33. The Morgan fingerprint density at radius 2 is 1.48 bits per heavy atom. The molecule has 2 rings (SSSR count). The molecule has 0 aromatic heterocycles. The van der Waals surface area contributed by atoms with Crippen molar-refractivity contribution in [1.29, 1.82) is 0 Å². The van der Waals surface area contributed by atoms with E-state index in [1.807, 2.05) is 30.3 Å². The molecular weight excluding hydrogens is 462 g/mol. The van der Waals surface area contributed by atoms with E-state index in [4.69, 9.17) is 55.9 Å². The molecule has 0 radical (unpaired) electrons. The van der Waals surface area contributed by atoms with Gasteiger partial charge in [0.25, 0.3) is 11.8 Å². The smallest absolute Gasteiger partial charge is 0.255 e. The molecule has 2 aromatic rings. The summed E-state index contributed by atoms with van der Waals surface area (Å²) >= 11 is 22.4. The van der Waals surface area contributed by atoms with Crippen molar-refractivity contribution in [1.82, 2.24) is 10.6 Å². The number of nitrogens with one attached hydrogen (secondary N) is 2. The molecule has 0 saturated heterocycles. The number of ether oxygens (including phenoxy) is 2. The first-order chi connectivity index (χ1) is 13.8. The first-order valence-electron chi connectivity index (χ1n) is 8.33. The second-order valence-corrected chi connectivity index (χ2v) is 7.93. The Kier molecular flexibility index (Phi) is 9.17. The fourth-order valence-corrected chi connectivity index (χ4v) is 2.59. The highest BCUT2D eigenvalue weighted by Crippen LogP contribution is 2.31. The number of rotatable bonds is 9. The zero-order valence-corrected chi connectivity index (χ0v) is 18.2. The summed E-state index contributed by atoms with van der Waals surface area (Å²) in [5, 5.41) is 5.02. The topological polar surface area (TPSA) is 76.7 Å². The lowest BCUT2D eigenvalue weighted by Gasteiger charge is -2.22. The molecule has 0 bridgehead atoms. The lowest BCUT2D eigenvalue weighted by Crippen LogP contribution is -2.44. The predicted molar refractivity (Wildman–Crippen MR) is 114 cm³/mol. The van der Waals surface area contributed by atoms with Crippen LogP contribution in [0.15, 0.2) is 48.5 Å². The van der Waals surface area contributed by atoms with Crippen LogP contribution in [0.1, 0.15) is 17.3 Å². The van der Waals surface area contributed by atoms with E-state index in [1.54, 1.807) is 18.2 Å². The lowest BCUT2D eigenvalue weighted by atomic mass is 10.1. The van der Waals surface area contributed by atoms with Crippen molar-refractivity contribution in [2.75, 3.05) is 7.11 Å². The van der Waals surface area contributed by atoms with Crippen LogP contribution in [-0.4, -0.2) is 28.6 Å². The van der Waals surface area contributed by atoms with E-state index in [-0.39, 0.29) is 0 Å². The third kappa shape index (κ3) is 7.16. The first-order valence-corrected chi connectivity index (χ1v) is 10.1. The molecule has 0 aliphatic rings. The molecule has 0 atom stereocenters. The van der Waals surface area contributed by atoms with E-state index in [1.165, 1.54) is 7.11 Å². The maximum absolute atomic E-state index is 11.9. The third-order valence-corrected chi connectivity index (χ3v) is 4.52. The maximum Gasteiger partial charge on any atom is 0.255 e. The molecule has 0 saturated carbocycles. The number of amides is 2. The molecule has 2 N–H and O–H groups in total. The summed E-state index contributed by atoms with van der Waals surface area (Å²) in [6.07, 6.45) is -1.00. The van der Waals surface area contributed by atoms with Gasteiger partial charge in [-0.2, -0.15) is 0 Å². The van der Waals surface area contributed by atoms with Gasteiger partial charge in [0.05, 0.1) is 7.11 Å². The average Bonchev–Trinajstić information content (AvgIpc) is 2.71. The molecule has 0 aliphatic heterocycles. The van der Waals surface area contributed by atoms with Crippen molar-refractivity contribution < 1.29 is 19.1 Å². The highest BCUT2D eigenvalue weighted by molar-refractivity contribution is 6.54. The molecule has 0 aliphatic carbocycles. The van der Waals surface area contributed by atoms with Gasteiger partial charge in [0.2, 0.25) is 0 Å². The summed E-state index contributed by atoms with van der Waals surface area (Å²) in [6.45, 7) is 0.293. The standard InChI is InChI=1S/C19H18Cl4N2O4/c1-28-13-8-7-12(9-14(13)29-10-11-5-3-2-4-6-11)17(24-18(26)15(20)21)25-19(27)16(22)23/h2-9,15-17H,10H2,1H3,(H,24,26)(H,25,27). The maximum atomic E-state index is 11.9. The van der Waals surface area contributed by atoms with Crippen LogP contribution in [-0.2, 0) is 16.2 Å². The second-order valence-electron chi connectivity index (χ2n) is 5.74. The third-order valence-electron chi connectivity index (χ3n) is 3.73. The van der Waals surface area contributed by atoms with Crippen LogP contribution in [0.25, 0.3) is 0 Å². The normalized spacial score (nSPS) is 10.9. The quantitative estimate of drug-likeness (QED) is 0.419. The predicted octanol–water partition coefficient (Wildman–Crippen LogP) is 4.11. The Labute approximate surface area is 188 Å². The molecule has 2 amide bonds. The minimum Gasteiger partial charge on any atom is -0.493 e. The van der Waals surface area contributed by atoms with Crippen molar-refractivity contribution in [3.8, 4) is 11.5 Å². The van der Waals surface area contributed by atoms with Gasteiger partial charge in [-0.15, -0.1) is 0 Å². The molecule has 2 aromatic carbocycles. The van der Waals surface area contributed by atoms with E-state index >= 15 is 0 Å². The van der Waals surface area contributed by atoms with Crippen molar-refractivity contribution in [2.24, 2.45) is 0 Å². The molecule has 0 fully saturated rings. The summed E-state index contributed by atoms with van der Waals surface area (Å²) in [5.74, 6) is -0.533. The Morgan fingerprint density at radius 3 is 2.00 bits per heavy atom. The molecular formula is C19H18Cl4N2O4. The van der Waals surface area contributed by atoms with Gasteiger partial charge < -0.3 is 20.1 Å². The molecule has 10 heteroatoms. The highest BCUT2D eigenvalue weighted by atomic mass is 35.5. The summed E-state index contributed by atoms with van der Waals surface area (Å²) in [4.78, 5) is 21.2. The van der Waals surface area contributed by atoms with Gasteiger partial charge in [0.1, 0.15) is 12.8 Å². The second kappa shape index (κ2) is 11.4. The van der Waals surface area contributed by atoms with Gasteiger partial charge in [0.15, 0.2) is 21.2 Å². The zero-order chi connectivity index (χ0) is 21.4. The zero-order valence-electron chi connectivity index (χ0n) is 15.2. The highest BCUT2D eigenvalue weighted by Gasteiger charge is 2.24. The number of halogens is 4. The van der Waals surface area contributed by atoms with Gasteiger partial charge in [-0.3, -0.25) is 9.59 Å². The van der Waals surface area contributed by atoms with Crippen LogP contribution in [0.3, 0.4) is 0 Å². The van der Waals surface area contributed by atoms with Crippen LogP contribution in [0.2, 0.25) is 0 Å². The summed E-state index contributed by atoms with van der Waals surface area (Å²) in [5.41, 5.74) is 1.43. The van der Waals surface area contributed by atoms with E-state index in [0.29, 0.717) is 23.7 Å². The number of methoxy groups -OCH3 is 1. The van der Waals surface area contributed by atoms with E-state index in [9.17, 15) is 9.59 Å². The van der Waals surface area contributed by atoms with E-state index in [2.05, 4.69) is 10.6 Å². The fourth-order valence-electron chi connectivity index (χ4n) is 2.33. The number of carbonyl (C=O) groups excluding carboxylic acids is 2. The number of hydrogen-bond donors (Lipinski definition) is 2. The molecule has 29 heavy (non-hydrogen) atoms. The largest absolute Gasteiger partial charge is 0.493 e. The van der Waals surface area contributed by atoms with Crippen LogP contribution >= 0.6 is 46.4 Å². The van der Waals surface area contributed by atoms with Gasteiger partial charge in [-0.25, -0.2) is 0 Å². The summed E-state index contributed by atoms with van der Waals surface area (Å²) in [6, 6.07) is 14.4. The summed E-state index contributed by atoms with van der Waals surface area (Å²) < 4.78 is 11.2. The minimum absolute atomic E-state index is 0.293. The first kappa shape index (κ1) is 23.4. The number of carbonyl (C=O) groups is 2. The van der Waals surface area contributed by atoms with Crippen LogP contribution < -0.4 is 20.1 Å². The van der Waals surface area contributed by atoms with Crippen molar-refractivity contribution in [3.63, 3.8) is 0 Å². The fraction of sp³-hybridized carbons (Fsp3) is 0.263. The average molecular weight is 480 g/mol. The van der Waals surface area contributed by atoms with Crippen molar-refractivity contribution >= 4 is 58.2 Å². The molecule has 0 spiro atoms. The van der Waals surface area contributed by atoms with Gasteiger partial charge in [-0.05, 0) is 23.3 Å². The van der Waals surface area contributed by atoms with Crippen molar-refractivity contribution in [2.45, 2.75) is 22.4 Å². The van der Waals surface area contributed by atoms with Gasteiger partial charge >= 0.3 is 0 Å².